The van der Waals surface area contributed by atoms with Crippen LogP contribution in [0.3, 0.4) is 0 Å². The standard InChI is InChI=1S/C17H13N.C16H10N2.C15H10FN.3C15H11N/c1-3-7-14(8-4-1)16-11-12-18-17(13-16)15-9-5-2-6-10-15;17-11-12-5-7-14(8-6-12)16-15-4-2-1-3-13(15)9-10-18-16;16-13-7-5-12(6-8-13)15-14-4-2-1-3-11(14)9-10-17-15;1-2-6-13-11-14(9-8-12(13)5-1)15-7-3-4-10-16-15;1-2-6-12(7-3-1)15-10-13-8-4-5-9-14(13)11-16-15;1-2-6-12(7-3-1)15-11-10-13-8-4-5-9-14(13)16-15/h1-13H;1-10H;1-10H;3*1-11H. The molecule has 12 aromatic carbocycles. The van der Waals surface area contributed by atoms with E-state index in [0.29, 0.717) is 5.56 Å². The largest absolute Gasteiger partial charge is 0.256 e. The van der Waals surface area contributed by atoms with E-state index in [1.807, 2.05) is 207 Å². The number of nitrogens with zero attached hydrogens (tertiary/aromatic N) is 7. The highest BCUT2D eigenvalue weighted by molar-refractivity contribution is 5.96. The number of pyridine rings is 6. The van der Waals surface area contributed by atoms with Gasteiger partial charge in [0, 0.05) is 85.9 Å². The molecule has 0 saturated heterocycles. The first-order chi connectivity index (χ1) is 50.0. The second-order valence-corrected chi connectivity index (χ2v) is 23.4. The second kappa shape index (κ2) is 33.3. The maximum atomic E-state index is 12.9. The summed E-state index contributed by atoms with van der Waals surface area (Å²) in [5, 5.41) is 19.5. The van der Waals surface area contributed by atoms with Crippen molar-refractivity contribution in [1.29, 1.82) is 5.26 Å². The van der Waals surface area contributed by atoms with Crippen LogP contribution in [0.15, 0.2) is 401 Å². The number of nitriles is 1. The van der Waals surface area contributed by atoms with Gasteiger partial charge in [0.1, 0.15) is 5.82 Å². The molecule has 0 saturated carbocycles. The number of fused-ring (bicyclic) bond motifs is 5. The van der Waals surface area contributed by atoms with Gasteiger partial charge in [0.25, 0.3) is 0 Å². The van der Waals surface area contributed by atoms with Crippen molar-refractivity contribution in [3.05, 3.63) is 412 Å². The van der Waals surface area contributed by atoms with E-state index in [-0.39, 0.29) is 5.82 Å². The van der Waals surface area contributed by atoms with Gasteiger partial charge in [-0.05, 0) is 135 Å². The highest BCUT2D eigenvalue weighted by Crippen LogP contribution is 2.30. The van der Waals surface area contributed by atoms with E-state index in [1.54, 1.807) is 18.3 Å². The zero-order chi connectivity index (χ0) is 68.6. The number of hydrogen-bond acceptors (Lipinski definition) is 7. The van der Waals surface area contributed by atoms with E-state index in [0.717, 1.165) is 83.7 Å². The van der Waals surface area contributed by atoms with Crippen LogP contribution in [-0.4, -0.2) is 29.9 Å². The predicted molar refractivity (Wildman–Crippen MR) is 416 cm³/mol. The van der Waals surface area contributed by atoms with Crippen LogP contribution in [0.1, 0.15) is 5.56 Å². The second-order valence-electron chi connectivity index (χ2n) is 23.4. The Hall–Kier alpha value is -13.7. The summed E-state index contributed by atoms with van der Waals surface area (Å²) in [6.45, 7) is 0. The normalized spacial score (nSPS) is 10.4. The van der Waals surface area contributed by atoms with Crippen LogP contribution < -0.4 is 0 Å². The zero-order valence-electron chi connectivity index (χ0n) is 55.1. The Morgan fingerprint density at radius 1 is 0.238 bits per heavy atom. The maximum Gasteiger partial charge on any atom is 0.123 e. The summed E-state index contributed by atoms with van der Waals surface area (Å²) < 4.78 is 12.9. The summed E-state index contributed by atoms with van der Waals surface area (Å²) in [6.07, 6.45) is 9.21. The van der Waals surface area contributed by atoms with Crippen molar-refractivity contribution in [1.82, 2.24) is 29.9 Å². The summed E-state index contributed by atoms with van der Waals surface area (Å²) in [7, 11) is 0. The number of benzene rings is 12. The molecular formula is C93H66FN7. The van der Waals surface area contributed by atoms with Gasteiger partial charge in [-0.25, -0.2) is 9.37 Å². The Kier molecular flexibility index (Phi) is 21.7. The Morgan fingerprint density at radius 3 is 1.25 bits per heavy atom. The van der Waals surface area contributed by atoms with Gasteiger partial charge < -0.3 is 0 Å². The van der Waals surface area contributed by atoms with Crippen LogP contribution in [0.2, 0.25) is 0 Å². The highest BCUT2D eigenvalue weighted by atomic mass is 19.1. The van der Waals surface area contributed by atoms with Crippen LogP contribution in [-0.2, 0) is 0 Å². The number of hydrogen-bond donors (Lipinski definition) is 0. The molecule has 18 aromatic rings. The van der Waals surface area contributed by atoms with Crippen LogP contribution in [0, 0.1) is 17.1 Å². The predicted octanol–water partition coefficient (Wildman–Crippen LogP) is 23.9. The smallest absolute Gasteiger partial charge is 0.123 e. The van der Waals surface area contributed by atoms with E-state index < -0.39 is 0 Å². The third-order valence-corrected chi connectivity index (χ3v) is 16.8. The fraction of sp³-hybridized carbons (Fsp3) is 0. The monoisotopic (exact) mass is 1300 g/mol. The lowest BCUT2D eigenvalue weighted by Gasteiger charge is -2.05. The van der Waals surface area contributed by atoms with E-state index in [4.69, 9.17) is 5.26 Å². The third kappa shape index (κ3) is 17.3. The van der Waals surface area contributed by atoms with Crippen LogP contribution in [0.5, 0.6) is 0 Å². The molecule has 0 N–H and O–H groups in total. The Labute approximate surface area is 587 Å². The molecule has 0 unspecified atom stereocenters. The molecule has 8 heteroatoms. The fourth-order valence-corrected chi connectivity index (χ4v) is 11.6. The first kappa shape index (κ1) is 65.9. The quantitative estimate of drug-likeness (QED) is 0.157. The van der Waals surface area contributed by atoms with Crippen molar-refractivity contribution in [3.63, 3.8) is 0 Å². The molecule has 0 fully saturated rings. The molecule has 6 heterocycles. The van der Waals surface area contributed by atoms with Gasteiger partial charge in [-0.3, -0.25) is 24.9 Å². The molecule has 18 rings (SSSR count). The Bertz CT molecular complexity index is 5380. The minimum Gasteiger partial charge on any atom is -0.256 e. The van der Waals surface area contributed by atoms with Crippen molar-refractivity contribution in [2.24, 2.45) is 0 Å². The Morgan fingerprint density at radius 2 is 0.673 bits per heavy atom. The van der Waals surface area contributed by atoms with Crippen LogP contribution in [0.25, 0.3) is 133 Å². The fourth-order valence-electron chi connectivity index (χ4n) is 11.6. The first-order valence-corrected chi connectivity index (χ1v) is 33.2. The van der Waals surface area contributed by atoms with Crippen molar-refractivity contribution >= 4 is 54.0 Å². The van der Waals surface area contributed by atoms with E-state index in [2.05, 4.69) is 200 Å². The number of rotatable bonds is 7. The molecule has 101 heavy (non-hydrogen) atoms. The van der Waals surface area contributed by atoms with Crippen molar-refractivity contribution in [2.45, 2.75) is 0 Å². The molecule has 0 amide bonds. The number of aromatic nitrogens is 6. The maximum absolute atomic E-state index is 12.9. The molecule has 0 aliphatic heterocycles. The lowest BCUT2D eigenvalue weighted by Crippen LogP contribution is -1.86. The molecule has 7 nitrogen and oxygen atoms in total. The minimum absolute atomic E-state index is 0.228. The first-order valence-electron chi connectivity index (χ1n) is 33.2. The number of halogens is 1. The molecule has 480 valence electrons. The lowest BCUT2D eigenvalue weighted by molar-refractivity contribution is 0.628. The summed E-state index contributed by atoms with van der Waals surface area (Å²) in [6, 6.07) is 125. The van der Waals surface area contributed by atoms with E-state index >= 15 is 0 Å². The van der Waals surface area contributed by atoms with Gasteiger partial charge in [-0.15, -0.1) is 0 Å². The summed E-state index contributed by atoms with van der Waals surface area (Å²) in [5.74, 6) is -0.228. The van der Waals surface area contributed by atoms with Crippen molar-refractivity contribution < 1.29 is 4.39 Å². The van der Waals surface area contributed by atoms with Crippen LogP contribution in [0.4, 0.5) is 4.39 Å². The molecular weight excluding hydrogens is 1230 g/mol. The van der Waals surface area contributed by atoms with Gasteiger partial charge in [0.15, 0.2) is 0 Å². The molecule has 0 aliphatic carbocycles. The zero-order valence-corrected chi connectivity index (χ0v) is 55.1. The molecule has 0 spiro atoms. The topological polar surface area (TPSA) is 101 Å². The molecule has 0 radical (unpaired) electrons. The van der Waals surface area contributed by atoms with Gasteiger partial charge in [-0.1, -0.05) is 273 Å². The van der Waals surface area contributed by atoms with E-state index in [1.165, 1.54) is 61.1 Å². The van der Waals surface area contributed by atoms with Crippen molar-refractivity contribution in [3.8, 4) is 84.7 Å². The average molecular weight is 1300 g/mol. The molecule has 0 aliphatic rings. The van der Waals surface area contributed by atoms with Gasteiger partial charge in [-0.2, -0.15) is 5.26 Å². The van der Waals surface area contributed by atoms with Gasteiger partial charge in [0.2, 0.25) is 0 Å². The van der Waals surface area contributed by atoms with E-state index in [9.17, 15) is 4.39 Å². The average Bonchev–Trinajstić information content (AvgIpc) is 0.846. The minimum atomic E-state index is -0.228. The van der Waals surface area contributed by atoms with Crippen LogP contribution >= 0.6 is 0 Å². The highest BCUT2D eigenvalue weighted by Gasteiger charge is 2.09. The summed E-state index contributed by atoms with van der Waals surface area (Å²) in [4.78, 5) is 26.7. The SMILES string of the molecule is Fc1ccc(-c2nccc3ccccc23)cc1.N#Cc1ccc(-c2nccc3ccccc23)cc1.c1ccc(-c2cc3ccccc3cn2)cc1.c1ccc(-c2ccc3ccccc3c2)nc1.c1ccc(-c2ccc3ccccc3n2)cc1.c1ccc(-c2ccnc(-c3ccccc3)c2)cc1. The van der Waals surface area contributed by atoms with Crippen molar-refractivity contribution in [2.75, 3.05) is 0 Å². The van der Waals surface area contributed by atoms with Gasteiger partial charge in [0.05, 0.1) is 51.3 Å². The Balaban J connectivity index is 0.000000108. The summed E-state index contributed by atoms with van der Waals surface area (Å²) >= 11 is 0. The molecule has 6 aromatic heterocycles. The summed E-state index contributed by atoms with van der Waals surface area (Å²) in [5.41, 5.74) is 16.7. The third-order valence-electron chi connectivity index (χ3n) is 16.8. The number of para-hydroxylation sites is 1. The molecule has 0 bridgehead atoms. The lowest BCUT2D eigenvalue weighted by atomic mass is 10.0. The molecule has 0 atom stereocenters. The van der Waals surface area contributed by atoms with Gasteiger partial charge >= 0.3 is 0 Å².